The fraction of sp³-hybridized carbons (Fsp3) is 0.647. The van der Waals surface area contributed by atoms with Crippen LogP contribution in [-0.2, 0) is 10.8 Å². The van der Waals surface area contributed by atoms with Gasteiger partial charge in [-0.2, -0.15) is 0 Å². The Kier molecular flexibility index (Phi) is 6.41. The summed E-state index contributed by atoms with van der Waals surface area (Å²) < 4.78 is 0. The molecule has 0 unspecified atom stereocenters. The molecule has 0 amide bonds. The first-order valence-corrected chi connectivity index (χ1v) is 7.19. The Bertz CT molecular complexity index is 406. The van der Waals surface area contributed by atoms with Gasteiger partial charge in [0, 0.05) is 23.4 Å². The first-order chi connectivity index (χ1) is 8.57. The molecule has 20 heavy (non-hydrogen) atoms. The molecule has 0 saturated heterocycles. The van der Waals surface area contributed by atoms with E-state index in [0.717, 1.165) is 29.8 Å². The minimum atomic E-state index is -0.0615. The van der Waals surface area contributed by atoms with Crippen LogP contribution in [0, 0.1) is 0 Å². The van der Waals surface area contributed by atoms with Gasteiger partial charge < -0.3 is 10.4 Å². The Morgan fingerprint density at radius 1 is 0.950 bits per heavy atom. The highest BCUT2D eigenvalue weighted by Crippen LogP contribution is 2.40. The largest absolute Gasteiger partial charge is 0.507 e. The maximum Gasteiger partial charge on any atom is 0.123 e. The van der Waals surface area contributed by atoms with E-state index < -0.39 is 0 Å². The molecule has 116 valence electrons. The second-order valence-electron chi connectivity index (χ2n) is 7.35. The molecule has 0 spiro atoms. The van der Waals surface area contributed by atoms with Gasteiger partial charge >= 0.3 is 0 Å². The van der Waals surface area contributed by atoms with E-state index in [2.05, 4.69) is 65.9 Å². The summed E-state index contributed by atoms with van der Waals surface area (Å²) in [6, 6.07) is 4.17. The number of benzene rings is 1. The van der Waals surface area contributed by atoms with Gasteiger partial charge in [-0.1, -0.05) is 48.5 Å². The molecule has 1 aromatic carbocycles. The van der Waals surface area contributed by atoms with Crippen LogP contribution in [0.1, 0.15) is 66.0 Å². The van der Waals surface area contributed by atoms with E-state index in [1.54, 1.807) is 0 Å². The van der Waals surface area contributed by atoms with Gasteiger partial charge in [-0.15, -0.1) is 12.4 Å². The van der Waals surface area contributed by atoms with Crippen LogP contribution in [0.5, 0.6) is 5.75 Å². The lowest BCUT2D eigenvalue weighted by atomic mass is 9.79. The quantitative estimate of drug-likeness (QED) is 0.749. The summed E-state index contributed by atoms with van der Waals surface area (Å²) in [4.78, 5) is 0. The Morgan fingerprint density at radius 2 is 1.35 bits per heavy atom. The molecule has 0 aliphatic carbocycles. The van der Waals surface area contributed by atoms with Crippen molar-refractivity contribution < 1.29 is 5.11 Å². The van der Waals surface area contributed by atoms with Crippen LogP contribution in [-0.4, -0.2) is 11.7 Å². The molecular formula is C17H30ClNO. The summed E-state index contributed by atoms with van der Waals surface area (Å²) in [6.07, 6.45) is 1.09. The van der Waals surface area contributed by atoms with Crippen LogP contribution in [0.4, 0.5) is 5.69 Å². The smallest absolute Gasteiger partial charge is 0.123 e. The van der Waals surface area contributed by atoms with E-state index in [-0.39, 0.29) is 23.2 Å². The van der Waals surface area contributed by atoms with Crippen LogP contribution in [0.15, 0.2) is 12.1 Å². The number of nitrogens with one attached hydrogen (secondary N) is 1. The summed E-state index contributed by atoms with van der Waals surface area (Å²) >= 11 is 0. The van der Waals surface area contributed by atoms with E-state index in [9.17, 15) is 5.11 Å². The Balaban J connectivity index is 0.00000361. The lowest BCUT2D eigenvalue weighted by Crippen LogP contribution is -2.18. The van der Waals surface area contributed by atoms with Crippen molar-refractivity contribution in [2.24, 2.45) is 0 Å². The lowest BCUT2D eigenvalue weighted by molar-refractivity contribution is 0.423. The van der Waals surface area contributed by atoms with Crippen molar-refractivity contribution in [3.8, 4) is 5.75 Å². The molecule has 0 aliphatic rings. The van der Waals surface area contributed by atoms with Gasteiger partial charge in [0.25, 0.3) is 0 Å². The number of hydrogen-bond acceptors (Lipinski definition) is 2. The number of rotatable bonds is 3. The third-order valence-electron chi connectivity index (χ3n) is 3.31. The zero-order valence-corrected chi connectivity index (χ0v) is 14.7. The number of phenolic OH excluding ortho intramolecular Hbond substituents is 1. The van der Waals surface area contributed by atoms with Gasteiger partial charge in [0.2, 0.25) is 0 Å². The molecule has 3 heteroatoms. The van der Waals surface area contributed by atoms with E-state index in [1.807, 2.05) is 0 Å². The monoisotopic (exact) mass is 299 g/mol. The van der Waals surface area contributed by atoms with Crippen LogP contribution < -0.4 is 5.32 Å². The van der Waals surface area contributed by atoms with Crippen LogP contribution in [0.2, 0.25) is 0 Å². The number of aromatic hydroxyl groups is 1. The summed E-state index contributed by atoms with van der Waals surface area (Å²) in [5.74, 6) is 0.446. The van der Waals surface area contributed by atoms with E-state index in [0.29, 0.717) is 5.75 Å². The molecule has 0 aliphatic heterocycles. The SMILES string of the molecule is CCCNc1cc(C(C)(C)C)c(O)c(C(C)(C)C)c1.Cl. The maximum atomic E-state index is 10.6. The molecule has 0 aromatic heterocycles. The molecule has 2 nitrogen and oxygen atoms in total. The molecule has 1 aromatic rings. The van der Waals surface area contributed by atoms with Crippen molar-refractivity contribution >= 4 is 18.1 Å². The molecule has 0 atom stereocenters. The standard InChI is InChI=1S/C17H29NO.ClH/c1-8-9-18-12-10-13(16(2,3)4)15(19)14(11-12)17(5,6)7;/h10-11,18-19H,8-9H2,1-7H3;1H. The Hall–Kier alpha value is -0.890. The highest BCUT2D eigenvalue weighted by molar-refractivity contribution is 5.85. The number of halogens is 1. The van der Waals surface area contributed by atoms with E-state index in [4.69, 9.17) is 0 Å². The van der Waals surface area contributed by atoms with Gasteiger partial charge in [-0.3, -0.25) is 0 Å². The molecular weight excluding hydrogens is 270 g/mol. The zero-order chi connectivity index (χ0) is 14.8. The van der Waals surface area contributed by atoms with E-state index >= 15 is 0 Å². The van der Waals surface area contributed by atoms with Crippen LogP contribution >= 0.6 is 12.4 Å². The minimum absolute atomic E-state index is 0. The third kappa shape index (κ3) is 4.59. The average molecular weight is 300 g/mol. The first-order valence-electron chi connectivity index (χ1n) is 7.19. The normalized spacial score (nSPS) is 11.9. The van der Waals surface area contributed by atoms with Crippen molar-refractivity contribution in [2.75, 3.05) is 11.9 Å². The molecule has 0 heterocycles. The summed E-state index contributed by atoms with van der Waals surface area (Å²) in [7, 11) is 0. The maximum absolute atomic E-state index is 10.6. The van der Waals surface area contributed by atoms with Crippen molar-refractivity contribution in [3.05, 3.63) is 23.3 Å². The molecule has 2 N–H and O–H groups in total. The summed E-state index contributed by atoms with van der Waals surface area (Å²) in [5.41, 5.74) is 3.01. The zero-order valence-electron chi connectivity index (χ0n) is 13.9. The molecule has 0 saturated carbocycles. The highest BCUT2D eigenvalue weighted by atomic mass is 35.5. The third-order valence-corrected chi connectivity index (χ3v) is 3.31. The van der Waals surface area contributed by atoms with Crippen molar-refractivity contribution in [2.45, 2.75) is 65.7 Å². The van der Waals surface area contributed by atoms with Crippen molar-refractivity contribution in [3.63, 3.8) is 0 Å². The Labute approximate surface area is 130 Å². The summed E-state index contributed by atoms with van der Waals surface area (Å²) in [5, 5.41) is 14.0. The number of phenols is 1. The predicted molar refractivity (Wildman–Crippen MR) is 91.5 cm³/mol. The van der Waals surface area contributed by atoms with Gasteiger partial charge in [0.1, 0.15) is 5.75 Å². The molecule has 0 bridgehead atoms. The summed E-state index contributed by atoms with van der Waals surface area (Å²) in [6.45, 7) is 15.9. The van der Waals surface area contributed by atoms with Crippen LogP contribution in [0.3, 0.4) is 0 Å². The fourth-order valence-electron chi connectivity index (χ4n) is 2.15. The minimum Gasteiger partial charge on any atom is -0.507 e. The number of hydrogen-bond donors (Lipinski definition) is 2. The van der Waals surface area contributed by atoms with Gasteiger partial charge in [0.15, 0.2) is 0 Å². The average Bonchev–Trinajstić information content (AvgIpc) is 2.24. The van der Waals surface area contributed by atoms with Crippen LogP contribution in [0.25, 0.3) is 0 Å². The highest BCUT2D eigenvalue weighted by Gasteiger charge is 2.26. The first kappa shape index (κ1) is 19.1. The topological polar surface area (TPSA) is 32.3 Å². The number of anilines is 1. The van der Waals surface area contributed by atoms with Gasteiger partial charge in [0.05, 0.1) is 0 Å². The van der Waals surface area contributed by atoms with Gasteiger partial charge in [-0.05, 0) is 29.4 Å². The van der Waals surface area contributed by atoms with E-state index in [1.165, 1.54) is 0 Å². The fourth-order valence-corrected chi connectivity index (χ4v) is 2.15. The molecule has 0 fully saturated rings. The second-order valence-corrected chi connectivity index (χ2v) is 7.35. The Morgan fingerprint density at radius 3 is 1.65 bits per heavy atom. The van der Waals surface area contributed by atoms with Gasteiger partial charge in [-0.25, -0.2) is 0 Å². The molecule has 0 radical (unpaired) electrons. The lowest BCUT2D eigenvalue weighted by Gasteiger charge is -2.28. The van der Waals surface area contributed by atoms with Crippen molar-refractivity contribution in [1.29, 1.82) is 0 Å². The second kappa shape index (κ2) is 6.71. The van der Waals surface area contributed by atoms with Crippen molar-refractivity contribution in [1.82, 2.24) is 0 Å². The predicted octanol–water partition coefficient (Wildman–Crippen LogP) is 5.23. The molecule has 1 rings (SSSR count).